The first-order valence-corrected chi connectivity index (χ1v) is 11.3. The summed E-state index contributed by atoms with van der Waals surface area (Å²) < 4.78 is 66.2. The van der Waals surface area contributed by atoms with Crippen molar-refractivity contribution in [2.75, 3.05) is 12.3 Å². The molecular formula is C20H23F3N6O3S. The Morgan fingerprint density at radius 1 is 1.24 bits per heavy atom. The van der Waals surface area contributed by atoms with Gasteiger partial charge in [-0.05, 0) is 38.0 Å². The molecule has 13 heteroatoms. The Labute approximate surface area is 188 Å². The quantitative estimate of drug-likeness (QED) is 0.468. The molecule has 2 aromatic heterocycles. The van der Waals surface area contributed by atoms with Crippen molar-refractivity contribution < 1.29 is 26.7 Å². The number of hydrogen-bond acceptors (Lipinski definition) is 7. The first-order chi connectivity index (χ1) is 15.3. The lowest BCUT2D eigenvalue weighted by molar-refractivity contribution is -0.204. The zero-order chi connectivity index (χ0) is 24.6. The highest BCUT2D eigenvalue weighted by molar-refractivity contribution is 7.89. The van der Waals surface area contributed by atoms with E-state index in [0.29, 0.717) is 33.8 Å². The van der Waals surface area contributed by atoms with Crippen LogP contribution < -0.4 is 10.5 Å². The number of aliphatic hydroxyl groups excluding tert-OH is 1. The SMILES string of the molecule is Cc1ccc(S(=O)(=O)NCC[C@@H](O)C(F)(F)F)cc1-c1cnc(N)c(-c2cn(C)nc2C)n1. The Balaban J connectivity index is 1.92. The number of nitrogens with zero attached hydrogens (tertiary/aromatic N) is 4. The Bertz CT molecular complexity index is 1270. The van der Waals surface area contributed by atoms with Gasteiger partial charge in [0.25, 0.3) is 0 Å². The Morgan fingerprint density at radius 2 is 1.94 bits per heavy atom. The number of aromatic nitrogens is 4. The van der Waals surface area contributed by atoms with Gasteiger partial charge in [0, 0.05) is 30.9 Å². The van der Waals surface area contributed by atoms with Crippen LogP contribution in [-0.4, -0.2) is 52.1 Å². The summed E-state index contributed by atoms with van der Waals surface area (Å²) in [5, 5.41) is 13.3. The summed E-state index contributed by atoms with van der Waals surface area (Å²) in [6, 6.07) is 4.25. The van der Waals surface area contributed by atoms with Gasteiger partial charge in [0.15, 0.2) is 6.10 Å². The molecule has 2 heterocycles. The van der Waals surface area contributed by atoms with Crippen LogP contribution in [-0.2, 0) is 17.1 Å². The van der Waals surface area contributed by atoms with E-state index >= 15 is 0 Å². The minimum absolute atomic E-state index is 0.165. The van der Waals surface area contributed by atoms with Crippen molar-refractivity contribution in [2.45, 2.75) is 37.4 Å². The van der Waals surface area contributed by atoms with E-state index in [9.17, 15) is 21.6 Å². The Morgan fingerprint density at radius 3 is 2.55 bits per heavy atom. The second-order valence-electron chi connectivity index (χ2n) is 7.51. The lowest BCUT2D eigenvalue weighted by atomic mass is 10.1. The molecule has 0 unspecified atom stereocenters. The molecular weight excluding hydrogens is 461 g/mol. The van der Waals surface area contributed by atoms with Crippen LogP contribution in [0.2, 0.25) is 0 Å². The number of benzene rings is 1. The average molecular weight is 485 g/mol. The number of halogens is 3. The molecule has 4 N–H and O–H groups in total. The van der Waals surface area contributed by atoms with Gasteiger partial charge in [-0.25, -0.2) is 23.1 Å². The van der Waals surface area contributed by atoms with Crippen LogP contribution in [0.25, 0.3) is 22.5 Å². The van der Waals surface area contributed by atoms with E-state index in [1.54, 1.807) is 37.8 Å². The van der Waals surface area contributed by atoms with Crippen LogP contribution in [0.1, 0.15) is 17.7 Å². The maximum absolute atomic E-state index is 12.6. The number of rotatable bonds is 7. The molecule has 0 aliphatic carbocycles. The summed E-state index contributed by atoms with van der Waals surface area (Å²) in [6.45, 7) is 2.97. The van der Waals surface area contributed by atoms with Gasteiger partial charge in [-0.15, -0.1) is 0 Å². The number of nitrogens with two attached hydrogens (primary N) is 1. The predicted octanol–water partition coefficient (Wildman–Crippen LogP) is 2.33. The first-order valence-electron chi connectivity index (χ1n) is 9.78. The van der Waals surface area contributed by atoms with Crippen molar-refractivity contribution in [2.24, 2.45) is 7.05 Å². The first kappa shape index (κ1) is 24.6. The molecule has 33 heavy (non-hydrogen) atoms. The van der Waals surface area contributed by atoms with Crippen molar-refractivity contribution in [1.82, 2.24) is 24.5 Å². The van der Waals surface area contributed by atoms with Gasteiger partial charge in [-0.3, -0.25) is 4.68 Å². The minimum Gasteiger partial charge on any atom is -0.384 e. The number of sulfonamides is 1. The Kier molecular flexibility index (Phi) is 6.77. The fourth-order valence-corrected chi connectivity index (χ4v) is 4.25. The van der Waals surface area contributed by atoms with E-state index in [0.717, 1.165) is 0 Å². The van der Waals surface area contributed by atoms with Gasteiger partial charge in [0.05, 0.1) is 22.5 Å². The fourth-order valence-electron chi connectivity index (χ4n) is 3.18. The highest BCUT2D eigenvalue weighted by atomic mass is 32.2. The zero-order valence-corrected chi connectivity index (χ0v) is 18.9. The maximum Gasteiger partial charge on any atom is 0.414 e. The maximum atomic E-state index is 12.6. The van der Waals surface area contributed by atoms with E-state index in [-0.39, 0.29) is 10.7 Å². The topological polar surface area (TPSA) is 136 Å². The number of aryl methyl sites for hydroxylation is 3. The average Bonchev–Trinajstić information content (AvgIpc) is 3.05. The van der Waals surface area contributed by atoms with Gasteiger partial charge in [0.1, 0.15) is 11.5 Å². The minimum atomic E-state index is -4.82. The fraction of sp³-hybridized carbons (Fsp3) is 0.350. The predicted molar refractivity (Wildman–Crippen MR) is 115 cm³/mol. The summed E-state index contributed by atoms with van der Waals surface area (Å²) in [6.07, 6.45) is -5.09. The zero-order valence-electron chi connectivity index (χ0n) is 18.1. The van der Waals surface area contributed by atoms with Crippen molar-refractivity contribution in [1.29, 1.82) is 0 Å². The molecule has 1 atom stereocenters. The summed E-state index contributed by atoms with van der Waals surface area (Å²) >= 11 is 0. The lowest BCUT2D eigenvalue weighted by Crippen LogP contribution is -2.34. The van der Waals surface area contributed by atoms with Crippen LogP contribution in [0.4, 0.5) is 19.0 Å². The molecule has 0 fully saturated rings. The second kappa shape index (κ2) is 9.08. The summed E-state index contributed by atoms with van der Waals surface area (Å²) in [5.41, 5.74) is 9.30. The highest BCUT2D eigenvalue weighted by Gasteiger charge is 2.37. The molecule has 0 aliphatic rings. The van der Waals surface area contributed by atoms with Crippen LogP contribution >= 0.6 is 0 Å². The van der Waals surface area contributed by atoms with Gasteiger partial charge in [-0.2, -0.15) is 18.3 Å². The molecule has 1 aromatic carbocycles. The van der Waals surface area contributed by atoms with Gasteiger partial charge in [0.2, 0.25) is 10.0 Å². The summed E-state index contributed by atoms with van der Waals surface area (Å²) in [5.74, 6) is 0.182. The number of nitrogen functional groups attached to an aromatic ring is 1. The molecule has 3 aromatic rings. The van der Waals surface area contributed by atoms with Crippen LogP contribution in [0, 0.1) is 13.8 Å². The molecule has 0 saturated heterocycles. The molecule has 3 rings (SSSR count). The van der Waals surface area contributed by atoms with Crippen LogP contribution in [0.15, 0.2) is 35.5 Å². The monoisotopic (exact) mass is 484 g/mol. The van der Waals surface area contributed by atoms with Crippen molar-refractivity contribution >= 4 is 15.8 Å². The van der Waals surface area contributed by atoms with Gasteiger partial charge < -0.3 is 10.8 Å². The lowest BCUT2D eigenvalue weighted by Gasteiger charge is -2.15. The number of alkyl halides is 3. The van der Waals surface area contributed by atoms with Crippen LogP contribution in [0.5, 0.6) is 0 Å². The summed E-state index contributed by atoms with van der Waals surface area (Å²) in [7, 11) is -2.38. The number of anilines is 1. The normalized spacial score (nSPS) is 13.3. The third-order valence-electron chi connectivity index (χ3n) is 4.95. The van der Waals surface area contributed by atoms with E-state index in [1.807, 2.05) is 0 Å². The van der Waals surface area contributed by atoms with Crippen LogP contribution in [0.3, 0.4) is 0 Å². The van der Waals surface area contributed by atoms with Crippen molar-refractivity contribution in [3.63, 3.8) is 0 Å². The molecule has 0 aliphatic heterocycles. The molecule has 0 bridgehead atoms. The Hall–Kier alpha value is -3.03. The molecule has 0 radical (unpaired) electrons. The molecule has 0 saturated carbocycles. The third kappa shape index (κ3) is 5.49. The molecule has 0 amide bonds. The molecule has 178 valence electrons. The van der Waals surface area contributed by atoms with E-state index in [2.05, 4.69) is 19.8 Å². The number of aliphatic hydroxyl groups is 1. The standard InChI is InChI=1S/C20H23F3N6O3S/c1-11-4-5-13(33(31,32)26-7-6-17(30)20(21,22)23)8-14(11)16-9-25-19(24)18(27-16)15-10-29(3)28-12(15)2/h4-5,8-10,17,26,30H,6-7H2,1-3H3,(H2,24,25)/t17-/m1/s1. The highest BCUT2D eigenvalue weighted by Crippen LogP contribution is 2.30. The van der Waals surface area contributed by atoms with E-state index in [4.69, 9.17) is 10.8 Å². The number of nitrogens with one attached hydrogen (secondary N) is 1. The van der Waals surface area contributed by atoms with Crippen molar-refractivity contribution in [3.05, 3.63) is 41.9 Å². The van der Waals surface area contributed by atoms with Gasteiger partial charge >= 0.3 is 6.18 Å². The van der Waals surface area contributed by atoms with E-state index < -0.39 is 35.3 Å². The molecule has 0 spiro atoms. The molecule has 9 nitrogen and oxygen atoms in total. The van der Waals surface area contributed by atoms with E-state index in [1.165, 1.54) is 18.3 Å². The largest absolute Gasteiger partial charge is 0.414 e. The van der Waals surface area contributed by atoms with Gasteiger partial charge in [-0.1, -0.05) is 6.07 Å². The number of hydrogen-bond donors (Lipinski definition) is 3. The smallest absolute Gasteiger partial charge is 0.384 e. The van der Waals surface area contributed by atoms with Crippen molar-refractivity contribution in [3.8, 4) is 22.5 Å². The third-order valence-corrected chi connectivity index (χ3v) is 6.41. The summed E-state index contributed by atoms with van der Waals surface area (Å²) in [4.78, 5) is 8.59. The second-order valence-corrected chi connectivity index (χ2v) is 9.28.